The summed E-state index contributed by atoms with van der Waals surface area (Å²) in [6.07, 6.45) is 0. The summed E-state index contributed by atoms with van der Waals surface area (Å²) in [6.45, 7) is 4.35. The van der Waals surface area contributed by atoms with Crippen LogP contribution in [0.25, 0.3) is 10.9 Å². The molecule has 0 unspecified atom stereocenters. The average Bonchev–Trinajstić information content (AvgIpc) is 2.76. The number of nitrogens with zero attached hydrogens (tertiary/aromatic N) is 2. The number of carbonyl (C=O) groups is 1. The second-order valence-corrected chi connectivity index (χ2v) is 6.75. The third kappa shape index (κ3) is 4.71. The van der Waals surface area contributed by atoms with E-state index in [1.54, 1.807) is 17.0 Å². The number of likely N-dealkylation sites (N-methyl/N-ethyl adjacent to an activating group) is 1. The highest BCUT2D eigenvalue weighted by atomic mass is 16.5. The van der Waals surface area contributed by atoms with Crippen molar-refractivity contribution in [3.63, 3.8) is 0 Å². The molecule has 0 saturated heterocycles. The maximum absolute atomic E-state index is 12.6. The van der Waals surface area contributed by atoms with Gasteiger partial charge in [-0.15, -0.1) is 0 Å². The van der Waals surface area contributed by atoms with E-state index in [0.29, 0.717) is 40.5 Å². The number of aryl methyl sites for hydroxylation is 1. The Kier molecular flexibility index (Phi) is 6.56. The lowest BCUT2D eigenvalue weighted by molar-refractivity contribution is -0.133. The molecule has 158 valence electrons. The monoisotopic (exact) mass is 411 g/mol. The van der Waals surface area contributed by atoms with E-state index in [1.807, 2.05) is 38.1 Å². The molecule has 8 nitrogen and oxygen atoms in total. The predicted molar refractivity (Wildman–Crippen MR) is 113 cm³/mol. The minimum Gasteiger partial charge on any atom is -0.493 e. The largest absolute Gasteiger partial charge is 0.493 e. The molecular weight excluding hydrogens is 386 g/mol. The van der Waals surface area contributed by atoms with Crippen LogP contribution >= 0.6 is 0 Å². The molecule has 0 aliphatic heterocycles. The molecule has 3 aromatic rings. The van der Waals surface area contributed by atoms with E-state index in [2.05, 4.69) is 9.97 Å². The number of benzene rings is 2. The van der Waals surface area contributed by atoms with Crippen molar-refractivity contribution in [2.24, 2.45) is 0 Å². The summed E-state index contributed by atoms with van der Waals surface area (Å²) in [5.41, 5.74) is 1.27. The summed E-state index contributed by atoms with van der Waals surface area (Å²) in [6, 6.07) is 10.7. The third-order valence-electron chi connectivity index (χ3n) is 4.72. The zero-order valence-corrected chi connectivity index (χ0v) is 17.5. The number of amides is 1. The van der Waals surface area contributed by atoms with Crippen molar-refractivity contribution >= 4 is 16.8 Å². The highest BCUT2D eigenvalue weighted by molar-refractivity contribution is 5.82. The molecule has 0 fully saturated rings. The molecule has 0 atom stereocenters. The van der Waals surface area contributed by atoms with Crippen molar-refractivity contribution in [3.05, 3.63) is 58.1 Å². The van der Waals surface area contributed by atoms with Crippen molar-refractivity contribution in [3.8, 4) is 17.2 Å². The quantitative estimate of drug-likeness (QED) is 0.613. The van der Waals surface area contributed by atoms with Crippen LogP contribution in [-0.4, -0.2) is 48.1 Å². The number of ether oxygens (including phenoxy) is 3. The lowest BCUT2D eigenvalue weighted by Crippen LogP contribution is -2.35. The maximum Gasteiger partial charge on any atom is 0.260 e. The van der Waals surface area contributed by atoms with E-state index in [0.717, 1.165) is 5.56 Å². The van der Waals surface area contributed by atoms with Gasteiger partial charge in [-0.3, -0.25) is 9.59 Å². The Bertz CT molecular complexity index is 1090. The number of methoxy groups -OCH3 is 2. The van der Waals surface area contributed by atoms with E-state index in [9.17, 15) is 9.59 Å². The average molecular weight is 411 g/mol. The Labute approximate surface area is 174 Å². The number of hydrogen-bond acceptors (Lipinski definition) is 6. The van der Waals surface area contributed by atoms with E-state index in [1.165, 1.54) is 14.2 Å². The molecule has 0 radical (unpaired) electrons. The fraction of sp³-hybridized carbons (Fsp3) is 0.318. The van der Waals surface area contributed by atoms with Crippen LogP contribution in [0, 0.1) is 6.92 Å². The molecule has 8 heteroatoms. The number of rotatable bonds is 8. The van der Waals surface area contributed by atoms with Crippen LogP contribution in [0.4, 0.5) is 0 Å². The zero-order chi connectivity index (χ0) is 21.7. The van der Waals surface area contributed by atoms with Crippen molar-refractivity contribution in [1.82, 2.24) is 14.9 Å². The van der Waals surface area contributed by atoms with Crippen LogP contribution in [0.5, 0.6) is 17.2 Å². The van der Waals surface area contributed by atoms with Gasteiger partial charge in [0.05, 0.1) is 31.7 Å². The second kappa shape index (κ2) is 9.30. The lowest BCUT2D eigenvalue weighted by Gasteiger charge is -2.20. The van der Waals surface area contributed by atoms with Crippen LogP contribution in [-0.2, 0) is 11.3 Å². The Balaban J connectivity index is 1.77. The second-order valence-electron chi connectivity index (χ2n) is 6.75. The number of aromatic amines is 1. The van der Waals surface area contributed by atoms with Crippen molar-refractivity contribution < 1.29 is 19.0 Å². The molecule has 30 heavy (non-hydrogen) atoms. The van der Waals surface area contributed by atoms with Crippen LogP contribution < -0.4 is 19.8 Å². The SMILES string of the molecule is CCN(Cc1nc2cc(OC)c(OC)cc2c(=O)[nH]1)C(=O)COc1ccc(C)cc1. The fourth-order valence-electron chi connectivity index (χ4n) is 3.02. The van der Waals surface area contributed by atoms with E-state index >= 15 is 0 Å². The fourth-order valence-corrected chi connectivity index (χ4v) is 3.02. The van der Waals surface area contributed by atoms with Gasteiger partial charge in [0, 0.05) is 12.6 Å². The van der Waals surface area contributed by atoms with Gasteiger partial charge in [-0.05, 0) is 32.0 Å². The van der Waals surface area contributed by atoms with Gasteiger partial charge >= 0.3 is 0 Å². The first kappa shape index (κ1) is 21.2. The number of nitrogens with one attached hydrogen (secondary N) is 1. The van der Waals surface area contributed by atoms with E-state index < -0.39 is 0 Å². The molecular formula is C22H25N3O5. The lowest BCUT2D eigenvalue weighted by atomic mass is 10.2. The number of H-pyrrole nitrogens is 1. The third-order valence-corrected chi connectivity index (χ3v) is 4.72. The molecule has 1 amide bonds. The summed E-state index contributed by atoms with van der Waals surface area (Å²) in [7, 11) is 3.02. The molecule has 1 heterocycles. The van der Waals surface area contributed by atoms with Gasteiger partial charge in [-0.1, -0.05) is 17.7 Å². The highest BCUT2D eigenvalue weighted by Gasteiger charge is 2.16. The number of fused-ring (bicyclic) bond motifs is 1. The number of hydrogen-bond donors (Lipinski definition) is 1. The van der Waals surface area contributed by atoms with E-state index in [4.69, 9.17) is 14.2 Å². The Morgan fingerprint density at radius 2 is 1.77 bits per heavy atom. The van der Waals surface area contributed by atoms with Crippen molar-refractivity contribution in [2.45, 2.75) is 20.4 Å². The van der Waals surface area contributed by atoms with Gasteiger partial charge in [-0.2, -0.15) is 0 Å². The highest BCUT2D eigenvalue weighted by Crippen LogP contribution is 2.29. The molecule has 1 N–H and O–H groups in total. The first-order valence-corrected chi connectivity index (χ1v) is 9.57. The Morgan fingerprint density at radius 3 is 2.40 bits per heavy atom. The molecule has 3 rings (SSSR count). The molecule has 0 aliphatic rings. The molecule has 0 aliphatic carbocycles. The van der Waals surface area contributed by atoms with Crippen molar-refractivity contribution in [2.75, 3.05) is 27.4 Å². The van der Waals surface area contributed by atoms with Crippen LogP contribution in [0.2, 0.25) is 0 Å². The zero-order valence-electron chi connectivity index (χ0n) is 17.5. The smallest absolute Gasteiger partial charge is 0.260 e. The summed E-state index contributed by atoms with van der Waals surface area (Å²) >= 11 is 0. The van der Waals surface area contributed by atoms with Crippen molar-refractivity contribution in [1.29, 1.82) is 0 Å². The van der Waals surface area contributed by atoms with Gasteiger partial charge in [0.1, 0.15) is 11.6 Å². The van der Waals surface area contributed by atoms with Gasteiger partial charge in [-0.25, -0.2) is 4.98 Å². The minimum absolute atomic E-state index is 0.0975. The van der Waals surface area contributed by atoms with Crippen LogP contribution in [0.3, 0.4) is 0 Å². The van der Waals surface area contributed by atoms with Gasteiger partial charge in [0.2, 0.25) is 0 Å². The Hall–Kier alpha value is -3.55. The summed E-state index contributed by atoms with van der Waals surface area (Å²) in [5, 5.41) is 0.383. The van der Waals surface area contributed by atoms with Gasteiger partial charge < -0.3 is 24.1 Å². The number of aromatic nitrogens is 2. The topological polar surface area (TPSA) is 93.8 Å². The molecule has 0 spiro atoms. The normalized spacial score (nSPS) is 10.7. The van der Waals surface area contributed by atoms with Crippen LogP contribution in [0.15, 0.2) is 41.2 Å². The molecule has 2 aromatic carbocycles. The summed E-state index contributed by atoms with van der Waals surface area (Å²) < 4.78 is 16.1. The number of carbonyl (C=O) groups excluding carboxylic acids is 1. The summed E-state index contributed by atoms with van der Waals surface area (Å²) in [5.74, 6) is 1.73. The standard InChI is InChI=1S/C22H25N3O5/c1-5-25(21(26)13-30-15-8-6-14(2)7-9-15)12-20-23-17-11-19(29-4)18(28-3)10-16(17)22(27)24-20/h6-11H,5,12-13H2,1-4H3,(H,23,24,27). The maximum atomic E-state index is 12.6. The van der Waals surface area contributed by atoms with Crippen LogP contribution in [0.1, 0.15) is 18.3 Å². The predicted octanol–water partition coefficient (Wildman–Crippen LogP) is 2.68. The first-order valence-electron chi connectivity index (χ1n) is 9.57. The van der Waals surface area contributed by atoms with E-state index in [-0.39, 0.29) is 24.6 Å². The van der Waals surface area contributed by atoms with Gasteiger partial charge in [0.25, 0.3) is 11.5 Å². The summed E-state index contributed by atoms with van der Waals surface area (Å²) in [4.78, 5) is 33.9. The molecule has 0 bridgehead atoms. The molecule has 1 aromatic heterocycles. The van der Waals surface area contributed by atoms with Gasteiger partial charge in [0.15, 0.2) is 18.1 Å². The Morgan fingerprint density at radius 1 is 1.10 bits per heavy atom. The first-order chi connectivity index (χ1) is 14.4. The molecule has 0 saturated carbocycles. The minimum atomic E-state index is -0.310.